The molecule has 2 aromatic heterocycles. The van der Waals surface area contributed by atoms with Gasteiger partial charge in [-0.1, -0.05) is 6.92 Å². The Balaban J connectivity index is 1.40. The van der Waals surface area contributed by atoms with Gasteiger partial charge < -0.3 is 19.9 Å². The first kappa shape index (κ1) is 22.0. The second-order valence-electron chi connectivity index (χ2n) is 8.41. The SMILES string of the molecule is CC1CCN(S(=O)(=O)CCNC(=O)C2CCOC2)CC1N(C)c1ncnc2[nH]ccc12. The minimum absolute atomic E-state index is 0.0123. The first-order chi connectivity index (χ1) is 14.9. The van der Waals surface area contributed by atoms with Gasteiger partial charge in [0.25, 0.3) is 0 Å². The van der Waals surface area contributed by atoms with E-state index >= 15 is 0 Å². The van der Waals surface area contributed by atoms with Crippen molar-refractivity contribution in [2.24, 2.45) is 11.8 Å². The number of hydrogen-bond donors (Lipinski definition) is 2. The molecule has 2 fully saturated rings. The van der Waals surface area contributed by atoms with Crippen LogP contribution in [-0.4, -0.2) is 85.3 Å². The average molecular weight is 451 g/mol. The number of carbonyl (C=O) groups is 1. The van der Waals surface area contributed by atoms with Gasteiger partial charge in [-0.15, -0.1) is 0 Å². The fraction of sp³-hybridized carbons (Fsp3) is 0.650. The third-order valence-corrected chi connectivity index (χ3v) is 8.24. The van der Waals surface area contributed by atoms with Crippen molar-refractivity contribution in [3.8, 4) is 0 Å². The van der Waals surface area contributed by atoms with Gasteiger partial charge in [-0.2, -0.15) is 4.31 Å². The summed E-state index contributed by atoms with van der Waals surface area (Å²) < 4.78 is 32.7. The molecule has 2 aliphatic heterocycles. The van der Waals surface area contributed by atoms with Crippen LogP contribution in [0.3, 0.4) is 0 Å². The van der Waals surface area contributed by atoms with Gasteiger partial charge in [0.2, 0.25) is 15.9 Å². The molecule has 2 aliphatic rings. The van der Waals surface area contributed by atoms with Gasteiger partial charge in [-0.3, -0.25) is 4.79 Å². The second kappa shape index (κ2) is 9.09. The summed E-state index contributed by atoms with van der Waals surface area (Å²) >= 11 is 0. The monoisotopic (exact) mass is 450 g/mol. The summed E-state index contributed by atoms with van der Waals surface area (Å²) in [6.07, 6.45) is 4.80. The molecule has 4 heterocycles. The highest BCUT2D eigenvalue weighted by atomic mass is 32.2. The standard InChI is InChI=1S/C20H30N6O4S/c1-14-4-8-26(31(28,29)10-7-22-20(27)15-5-9-30-12-15)11-17(14)25(2)19-16-3-6-21-18(16)23-13-24-19/h3,6,13-15,17H,4-5,7-12H2,1-2H3,(H,22,27)(H,21,23,24). The van der Waals surface area contributed by atoms with Gasteiger partial charge in [0, 0.05) is 45.5 Å². The minimum atomic E-state index is -3.48. The Morgan fingerprint density at radius 3 is 3.00 bits per heavy atom. The lowest BCUT2D eigenvalue weighted by atomic mass is 9.93. The second-order valence-corrected chi connectivity index (χ2v) is 10.5. The summed E-state index contributed by atoms with van der Waals surface area (Å²) in [7, 11) is -1.53. The van der Waals surface area contributed by atoms with E-state index in [1.165, 1.54) is 6.33 Å². The maximum atomic E-state index is 13.0. The molecule has 2 aromatic rings. The van der Waals surface area contributed by atoms with Gasteiger partial charge >= 0.3 is 0 Å². The Bertz CT molecular complexity index is 1020. The number of H-pyrrole nitrogens is 1. The largest absolute Gasteiger partial charge is 0.381 e. The number of aromatic nitrogens is 3. The van der Waals surface area contributed by atoms with Crippen molar-refractivity contribution in [1.29, 1.82) is 0 Å². The lowest BCUT2D eigenvalue weighted by molar-refractivity contribution is -0.124. The van der Waals surface area contributed by atoms with Crippen LogP contribution in [0.15, 0.2) is 18.6 Å². The Morgan fingerprint density at radius 2 is 2.23 bits per heavy atom. The lowest BCUT2D eigenvalue weighted by Gasteiger charge is -2.41. The van der Waals surface area contributed by atoms with E-state index in [-0.39, 0.29) is 30.2 Å². The fourth-order valence-electron chi connectivity index (χ4n) is 4.39. The van der Waals surface area contributed by atoms with E-state index in [1.807, 2.05) is 19.3 Å². The highest BCUT2D eigenvalue weighted by molar-refractivity contribution is 7.89. The van der Waals surface area contributed by atoms with E-state index < -0.39 is 10.0 Å². The van der Waals surface area contributed by atoms with Crippen LogP contribution < -0.4 is 10.2 Å². The Morgan fingerprint density at radius 1 is 1.39 bits per heavy atom. The number of anilines is 1. The molecule has 3 atom stereocenters. The molecule has 0 saturated carbocycles. The van der Waals surface area contributed by atoms with Crippen molar-refractivity contribution < 1.29 is 17.9 Å². The van der Waals surface area contributed by atoms with Crippen molar-refractivity contribution >= 4 is 32.8 Å². The molecule has 3 unspecified atom stereocenters. The van der Waals surface area contributed by atoms with E-state index in [0.717, 1.165) is 23.3 Å². The number of likely N-dealkylation sites (N-methyl/N-ethyl adjacent to an activating group) is 1. The summed E-state index contributed by atoms with van der Waals surface area (Å²) in [4.78, 5) is 26.0. The fourth-order valence-corrected chi connectivity index (χ4v) is 5.77. The first-order valence-electron chi connectivity index (χ1n) is 10.7. The van der Waals surface area contributed by atoms with Crippen LogP contribution in [0.5, 0.6) is 0 Å². The third-order valence-electron chi connectivity index (χ3n) is 6.40. The summed E-state index contributed by atoms with van der Waals surface area (Å²) in [6, 6.07) is 1.92. The number of nitrogens with one attached hydrogen (secondary N) is 2. The van der Waals surface area contributed by atoms with Crippen LogP contribution in [0.2, 0.25) is 0 Å². The van der Waals surface area contributed by atoms with Crippen LogP contribution >= 0.6 is 0 Å². The van der Waals surface area contributed by atoms with Crippen LogP contribution in [0.4, 0.5) is 5.82 Å². The molecule has 31 heavy (non-hydrogen) atoms. The Kier molecular flexibility index (Phi) is 6.44. The molecule has 0 spiro atoms. The number of nitrogens with zero attached hydrogens (tertiary/aromatic N) is 4. The number of sulfonamides is 1. The Labute approximate surface area is 182 Å². The molecule has 0 aromatic carbocycles. The molecule has 1 amide bonds. The van der Waals surface area contributed by atoms with Crippen LogP contribution in [0.1, 0.15) is 19.8 Å². The number of amides is 1. The zero-order chi connectivity index (χ0) is 22.0. The quantitative estimate of drug-likeness (QED) is 0.633. The number of aromatic amines is 1. The van der Waals surface area contributed by atoms with Crippen LogP contribution in [-0.2, 0) is 19.6 Å². The number of ether oxygens (including phenoxy) is 1. The molecule has 2 N–H and O–H groups in total. The van der Waals surface area contributed by atoms with Gasteiger partial charge in [0.05, 0.1) is 23.7 Å². The lowest BCUT2D eigenvalue weighted by Crippen LogP contribution is -2.53. The highest BCUT2D eigenvalue weighted by Crippen LogP contribution is 2.29. The summed E-state index contributed by atoms with van der Waals surface area (Å²) in [5.74, 6) is 0.689. The molecule has 10 nitrogen and oxygen atoms in total. The highest BCUT2D eigenvalue weighted by Gasteiger charge is 2.35. The van der Waals surface area contributed by atoms with E-state index in [4.69, 9.17) is 4.74 Å². The molecule has 0 radical (unpaired) electrons. The number of piperidine rings is 1. The molecular formula is C20H30N6O4S. The van der Waals surface area contributed by atoms with E-state index in [1.54, 1.807) is 4.31 Å². The summed E-state index contributed by atoms with van der Waals surface area (Å²) in [5, 5.41) is 3.66. The number of fused-ring (bicyclic) bond motifs is 1. The van der Waals surface area contributed by atoms with Gasteiger partial charge in [-0.25, -0.2) is 18.4 Å². The van der Waals surface area contributed by atoms with E-state index in [0.29, 0.717) is 38.6 Å². The third kappa shape index (κ3) is 4.68. The summed E-state index contributed by atoms with van der Waals surface area (Å²) in [5.41, 5.74) is 0.758. The summed E-state index contributed by atoms with van der Waals surface area (Å²) in [6.45, 7) is 4.12. The average Bonchev–Trinajstić information content (AvgIpc) is 3.45. The molecule has 0 aliphatic carbocycles. The Hall–Kier alpha value is -2.24. The van der Waals surface area contributed by atoms with Crippen LogP contribution in [0.25, 0.3) is 11.0 Å². The molecule has 4 rings (SSSR count). The number of rotatable bonds is 7. The molecule has 0 bridgehead atoms. The van der Waals surface area contributed by atoms with Crippen LogP contribution in [0, 0.1) is 11.8 Å². The van der Waals surface area contributed by atoms with E-state index in [9.17, 15) is 13.2 Å². The maximum Gasteiger partial charge on any atom is 0.225 e. The smallest absolute Gasteiger partial charge is 0.225 e. The number of carbonyl (C=O) groups excluding carboxylic acids is 1. The van der Waals surface area contributed by atoms with Gasteiger partial charge in [-0.05, 0) is 24.8 Å². The zero-order valence-electron chi connectivity index (χ0n) is 18.0. The van der Waals surface area contributed by atoms with Crippen molar-refractivity contribution in [2.75, 3.05) is 50.5 Å². The van der Waals surface area contributed by atoms with Crippen molar-refractivity contribution in [3.05, 3.63) is 18.6 Å². The topological polar surface area (TPSA) is 121 Å². The van der Waals surface area contributed by atoms with Gasteiger partial charge in [0.15, 0.2) is 0 Å². The predicted molar refractivity (Wildman–Crippen MR) is 117 cm³/mol. The number of hydrogen-bond acceptors (Lipinski definition) is 7. The molecule has 11 heteroatoms. The molecular weight excluding hydrogens is 420 g/mol. The molecule has 2 saturated heterocycles. The normalized spacial score (nSPS) is 25.0. The van der Waals surface area contributed by atoms with Gasteiger partial charge in [0.1, 0.15) is 17.8 Å². The molecule has 170 valence electrons. The maximum absolute atomic E-state index is 13.0. The van der Waals surface area contributed by atoms with Crippen molar-refractivity contribution in [3.63, 3.8) is 0 Å². The van der Waals surface area contributed by atoms with Crippen molar-refractivity contribution in [1.82, 2.24) is 24.6 Å². The predicted octanol–water partition coefficient (Wildman–Crippen LogP) is 0.587. The zero-order valence-corrected chi connectivity index (χ0v) is 18.8. The minimum Gasteiger partial charge on any atom is -0.381 e. The van der Waals surface area contributed by atoms with E-state index in [2.05, 4.69) is 32.1 Å². The van der Waals surface area contributed by atoms with Crippen molar-refractivity contribution in [2.45, 2.75) is 25.8 Å². The first-order valence-corrected chi connectivity index (χ1v) is 12.3.